The van der Waals surface area contributed by atoms with Crippen LogP contribution in [0.1, 0.15) is 28.9 Å². The van der Waals surface area contributed by atoms with E-state index in [-0.39, 0.29) is 23.7 Å². The van der Waals surface area contributed by atoms with Gasteiger partial charge in [-0.3, -0.25) is 9.59 Å². The van der Waals surface area contributed by atoms with Gasteiger partial charge in [0, 0.05) is 30.7 Å². The summed E-state index contributed by atoms with van der Waals surface area (Å²) in [6, 6.07) is 17.1. The molecule has 0 bridgehead atoms. The Morgan fingerprint density at radius 1 is 0.964 bits per heavy atom. The zero-order valence-corrected chi connectivity index (χ0v) is 15.3. The van der Waals surface area contributed by atoms with Gasteiger partial charge in [-0.05, 0) is 29.3 Å². The molecule has 0 saturated heterocycles. The van der Waals surface area contributed by atoms with Crippen LogP contribution in [0.3, 0.4) is 0 Å². The third-order valence-corrected chi connectivity index (χ3v) is 4.90. The second kappa shape index (κ2) is 7.64. The lowest BCUT2D eigenvalue weighted by Gasteiger charge is -2.11. The van der Waals surface area contributed by atoms with Crippen molar-refractivity contribution in [3.8, 4) is 5.75 Å². The number of nitrogens with zero attached hydrogens (tertiary/aromatic N) is 2. The van der Waals surface area contributed by atoms with E-state index in [4.69, 9.17) is 0 Å². The Hall–Kier alpha value is -3.47. The molecule has 0 amide bonds. The smallest absolute Gasteiger partial charge is 0.167 e. The van der Waals surface area contributed by atoms with Crippen molar-refractivity contribution < 1.29 is 14.7 Å². The lowest BCUT2D eigenvalue weighted by molar-refractivity contribution is -0.120. The molecule has 4 rings (SSSR count). The molecular weight excluding hydrogens is 352 g/mol. The fraction of sp³-hybridized carbons (Fsp3) is 0.174. The van der Waals surface area contributed by atoms with Crippen molar-refractivity contribution in [1.82, 2.24) is 9.55 Å². The first kappa shape index (κ1) is 17.9. The molecule has 2 aromatic carbocycles. The van der Waals surface area contributed by atoms with Gasteiger partial charge < -0.3 is 9.67 Å². The molecule has 1 aliphatic carbocycles. The van der Waals surface area contributed by atoms with E-state index in [0.717, 1.165) is 22.5 Å². The minimum Gasteiger partial charge on any atom is -0.508 e. The monoisotopic (exact) mass is 372 g/mol. The molecule has 0 radical (unpaired) electrons. The van der Waals surface area contributed by atoms with Gasteiger partial charge in [-0.1, -0.05) is 42.5 Å². The highest BCUT2D eigenvalue weighted by molar-refractivity contribution is 6.19. The highest BCUT2D eigenvalue weighted by Gasteiger charge is 2.24. The van der Waals surface area contributed by atoms with Crippen molar-refractivity contribution in [3.63, 3.8) is 0 Å². The van der Waals surface area contributed by atoms with E-state index in [1.165, 1.54) is 6.08 Å². The molecule has 28 heavy (non-hydrogen) atoms. The van der Waals surface area contributed by atoms with Crippen molar-refractivity contribution >= 4 is 11.6 Å². The van der Waals surface area contributed by atoms with Crippen molar-refractivity contribution in [1.29, 1.82) is 0 Å². The van der Waals surface area contributed by atoms with Gasteiger partial charge in [-0.15, -0.1) is 0 Å². The summed E-state index contributed by atoms with van der Waals surface area (Å²) in [5, 5.41) is 9.74. The summed E-state index contributed by atoms with van der Waals surface area (Å²) in [7, 11) is 0. The number of benzene rings is 2. The average Bonchev–Trinajstić information content (AvgIpc) is 3.19. The Balaban J connectivity index is 1.68. The molecule has 0 spiro atoms. The normalized spacial score (nSPS) is 13.8. The van der Waals surface area contributed by atoms with Crippen LogP contribution in [0.5, 0.6) is 5.75 Å². The fourth-order valence-electron chi connectivity index (χ4n) is 3.51. The van der Waals surface area contributed by atoms with Gasteiger partial charge in [-0.25, -0.2) is 4.98 Å². The fourth-order valence-corrected chi connectivity index (χ4v) is 3.51. The lowest BCUT2D eigenvalue weighted by atomic mass is 10.0. The minimum absolute atomic E-state index is 0.0377. The molecule has 0 aliphatic heterocycles. The summed E-state index contributed by atoms with van der Waals surface area (Å²) >= 11 is 0. The highest BCUT2D eigenvalue weighted by atomic mass is 16.3. The zero-order chi connectivity index (χ0) is 19.5. The Morgan fingerprint density at radius 2 is 1.75 bits per heavy atom. The highest BCUT2D eigenvalue weighted by Crippen LogP contribution is 2.22. The third kappa shape index (κ3) is 3.93. The molecule has 0 atom stereocenters. The molecule has 1 aliphatic rings. The van der Waals surface area contributed by atoms with Gasteiger partial charge in [0.1, 0.15) is 5.75 Å². The number of rotatable bonds is 6. The number of imidazole rings is 1. The van der Waals surface area contributed by atoms with Crippen LogP contribution in [0.2, 0.25) is 0 Å². The maximum absolute atomic E-state index is 12.1. The topological polar surface area (TPSA) is 72.2 Å². The second-order valence-electron chi connectivity index (χ2n) is 7.01. The predicted octanol–water partition coefficient (Wildman–Crippen LogP) is 3.24. The average molecular weight is 372 g/mol. The minimum atomic E-state index is -0.136. The number of hydrogen-bond donors (Lipinski definition) is 1. The van der Waals surface area contributed by atoms with E-state index in [9.17, 15) is 14.7 Å². The van der Waals surface area contributed by atoms with E-state index in [0.29, 0.717) is 25.0 Å². The summed E-state index contributed by atoms with van der Waals surface area (Å²) in [5.74, 6) is -0.0348. The van der Waals surface area contributed by atoms with Gasteiger partial charge in [0.05, 0.1) is 18.4 Å². The molecule has 1 N–H and O–H groups in total. The molecule has 5 heteroatoms. The summed E-state index contributed by atoms with van der Waals surface area (Å²) in [6.45, 7) is 0.529. The van der Waals surface area contributed by atoms with Gasteiger partial charge in [0.2, 0.25) is 0 Å². The van der Waals surface area contributed by atoms with Crippen LogP contribution in [-0.4, -0.2) is 26.2 Å². The van der Waals surface area contributed by atoms with Crippen LogP contribution >= 0.6 is 0 Å². The van der Waals surface area contributed by atoms with Crippen LogP contribution in [0.25, 0.3) is 0 Å². The Labute approximate surface area is 163 Å². The first-order valence-corrected chi connectivity index (χ1v) is 9.20. The van der Waals surface area contributed by atoms with Gasteiger partial charge in [0.25, 0.3) is 0 Å². The van der Waals surface area contributed by atoms with Crippen molar-refractivity contribution in [2.45, 2.75) is 25.8 Å². The van der Waals surface area contributed by atoms with Crippen LogP contribution in [0, 0.1) is 0 Å². The maximum atomic E-state index is 12.1. The maximum Gasteiger partial charge on any atom is 0.167 e. The molecule has 3 aromatic rings. The summed E-state index contributed by atoms with van der Waals surface area (Å²) in [4.78, 5) is 28.4. The molecule has 1 aromatic heterocycles. The third-order valence-electron chi connectivity index (χ3n) is 4.90. The lowest BCUT2D eigenvalue weighted by Crippen LogP contribution is -2.09. The Morgan fingerprint density at radius 3 is 2.46 bits per heavy atom. The largest absolute Gasteiger partial charge is 0.508 e. The number of Topliss-reactive ketones (excluding diaryl/α,β-unsaturated/α-hetero) is 1. The number of phenolic OH excluding ortho intramolecular Hbond substituents is 1. The molecular formula is C23H20N2O3. The zero-order valence-electron chi connectivity index (χ0n) is 15.3. The van der Waals surface area contributed by atoms with E-state index >= 15 is 0 Å². The van der Waals surface area contributed by atoms with E-state index in [2.05, 4.69) is 4.98 Å². The number of aromatic nitrogens is 2. The van der Waals surface area contributed by atoms with Crippen LogP contribution in [0.4, 0.5) is 0 Å². The Kier molecular flexibility index (Phi) is 4.89. The van der Waals surface area contributed by atoms with Crippen LogP contribution in [-0.2, 0) is 29.0 Å². The SMILES string of the molecule is O=C1C=C(Cc2c(Cc3ccccc3)ncn2Cc2cccc(O)c2)C(=O)C1. The second-order valence-corrected chi connectivity index (χ2v) is 7.01. The first-order valence-electron chi connectivity index (χ1n) is 9.20. The summed E-state index contributed by atoms with van der Waals surface area (Å²) < 4.78 is 1.99. The van der Waals surface area contributed by atoms with Gasteiger partial charge >= 0.3 is 0 Å². The van der Waals surface area contributed by atoms with Crippen LogP contribution in [0.15, 0.2) is 72.6 Å². The number of allylic oxidation sites excluding steroid dienone is 2. The number of aromatic hydroxyl groups is 1. The number of carbonyl (C=O) groups is 2. The molecule has 5 nitrogen and oxygen atoms in total. The quantitative estimate of drug-likeness (QED) is 0.674. The number of ketones is 2. The van der Waals surface area contributed by atoms with Crippen molar-refractivity contribution in [2.75, 3.05) is 0 Å². The number of phenols is 1. The van der Waals surface area contributed by atoms with Crippen molar-refractivity contribution in [3.05, 3.63) is 95.1 Å². The van der Waals surface area contributed by atoms with Gasteiger partial charge in [-0.2, -0.15) is 0 Å². The van der Waals surface area contributed by atoms with E-state index in [1.54, 1.807) is 24.5 Å². The molecule has 140 valence electrons. The summed E-state index contributed by atoms with van der Waals surface area (Å²) in [6.07, 6.45) is 4.22. The first-order chi connectivity index (χ1) is 13.6. The predicted molar refractivity (Wildman–Crippen MR) is 105 cm³/mol. The molecule has 0 saturated carbocycles. The van der Waals surface area contributed by atoms with Crippen LogP contribution < -0.4 is 0 Å². The summed E-state index contributed by atoms with van der Waals surface area (Å²) in [5.41, 5.74) is 4.42. The Bertz CT molecular complexity index is 1060. The number of carbonyl (C=O) groups excluding carboxylic acids is 2. The molecule has 0 fully saturated rings. The molecule has 1 heterocycles. The standard InChI is InChI=1S/C23H20N2O3/c26-19-8-4-7-17(9-19)14-25-15-24-21(10-16-5-2-1-3-6-16)22(25)12-18-11-20(27)13-23(18)28/h1-9,11,15,26H,10,12-14H2. The molecule has 0 unspecified atom stereocenters. The van der Waals surface area contributed by atoms with Crippen molar-refractivity contribution in [2.24, 2.45) is 0 Å². The number of hydrogen-bond acceptors (Lipinski definition) is 4. The van der Waals surface area contributed by atoms with E-state index in [1.807, 2.05) is 41.0 Å². The van der Waals surface area contributed by atoms with E-state index < -0.39 is 0 Å². The van der Waals surface area contributed by atoms with Gasteiger partial charge in [0.15, 0.2) is 11.6 Å².